The van der Waals surface area contributed by atoms with Gasteiger partial charge in [-0.15, -0.1) is 5.10 Å². The van der Waals surface area contributed by atoms with E-state index in [2.05, 4.69) is 15.5 Å². The Morgan fingerprint density at radius 2 is 1.88 bits per heavy atom. The van der Waals surface area contributed by atoms with Gasteiger partial charge in [-0.1, -0.05) is 23.3 Å². The molecule has 4 rings (SSSR count). The Morgan fingerprint density at radius 1 is 1.00 bits per heavy atom. The lowest BCUT2D eigenvalue weighted by molar-refractivity contribution is 0.174. The van der Waals surface area contributed by atoms with Gasteiger partial charge in [0.15, 0.2) is 11.5 Å². The maximum atomic E-state index is 5.61. The lowest BCUT2D eigenvalue weighted by Crippen LogP contribution is -2.01. The molecule has 0 saturated heterocycles. The molecule has 7 nitrogen and oxygen atoms in total. The SMILES string of the molecule is c1ccc(OCCc2nnc(Nc3ccc4c(c3)OCO4)o2)cc1. The normalized spacial score (nSPS) is 12.2. The van der Waals surface area contributed by atoms with Gasteiger partial charge in [0.25, 0.3) is 0 Å². The van der Waals surface area contributed by atoms with Crippen LogP contribution in [0.4, 0.5) is 11.7 Å². The molecule has 0 aliphatic carbocycles. The second-order valence-corrected chi connectivity index (χ2v) is 5.11. The number of hydrogen-bond donors (Lipinski definition) is 1. The van der Waals surface area contributed by atoms with Gasteiger partial charge in [0, 0.05) is 11.8 Å². The molecule has 24 heavy (non-hydrogen) atoms. The van der Waals surface area contributed by atoms with Gasteiger partial charge in [-0.05, 0) is 24.3 Å². The van der Waals surface area contributed by atoms with E-state index in [0.29, 0.717) is 30.7 Å². The Labute approximate surface area is 138 Å². The van der Waals surface area contributed by atoms with Crippen LogP contribution in [0.3, 0.4) is 0 Å². The maximum absolute atomic E-state index is 5.61. The molecule has 3 aromatic rings. The first kappa shape index (κ1) is 14.4. The van der Waals surface area contributed by atoms with Gasteiger partial charge in [-0.3, -0.25) is 0 Å². The summed E-state index contributed by atoms with van der Waals surface area (Å²) in [6.07, 6.45) is 0.532. The molecule has 122 valence electrons. The molecule has 0 saturated carbocycles. The van der Waals surface area contributed by atoms with Crippen molar-refractivity contribution < 1.29 is 18.6 Å². The number of nitrogens with zero attached hydrogens (tertiary/aromatic N) is 2. The van der Waals surface area contributed by atoms with Crippen LogP contribution in [0.1, 0.15) is 5.89 Å². The summed E-state index contributed by atoms with van der Waals surface area (Å²) in [4.78, 5) is 0. The molecule has 0 atom stereocenters. The van der Waals surface area contributed by atoms with E-state index < -0.39 is 0 Å². The highest BCUT2D eigenvalue weighted by Crippen LogP contribution is 2.34. The van der Waals surface area contributed by atoms with Gasteiger partial charge in [-0.2, -0.15) is 0 Å². The zero-order valence-electron chi connectivity index (χ0n) is 12.8. The fraction of sp³-hybridized carbons (Fsp3) is 0.176. The molecule has 2 heterocycles. The van der Waals surface area contributed by atoms with Crippen molar-refractivity contribution in [2.24, 2.45) is 0 Å². The molecule has 0 bridgehead atoms. The Kier molecular flexibility index (Phi) is 3.89. The van der Waals surface area contributed by atoms with Crippen LogP contribution < -0.4 is 19.5 Å². The number of aromatic nitrogens is 2. The lowest BCUT2D eigenvalue weighted by atomic mass is 10.3. The summed E-state index contributed by atoms with van der Waals surface area (Å²) in [5.41, 5.74) is 0.787. The molecule has 0 radical (unpaired) electrons. The van der Waals surface area contributed by atoms with Crippen LogP contribution in [0.2, 0.25) is 0 Å². The molecule has 0 spiro atoms. The smallest absolute Gasteiger partial charge is 0.320 e. The number of fused-ring (bicyclic) bond motifs is 1. The zero-order valence-corrected chi connectivity index (χ0v) is 12.8. The fourth-order valence-corrected chi connectivity index (χ4v) is 2.28. The molecule has 1 aliphatic rings. The number of nitrogens with one attached hydrogen (secondary N) is 1. The van der Waals surface area contributed by atoms with Crippen LogP contribution in [-0.4, -0.2) is 23.6 Å². The summed E-state index contributed by atoms with van der Waals surface area (Å²) in [6, 6.07) is 15.4. The van der Waals surface area contributed by atoms with Crippen molar-refractivity contribution in [3.63, 3.8) is 0 Å². The van der Waals surface area contributed by atoms with Gasteiger partial charge in [0.05, 0.1) is 13.0 Å². The average molecular weight is 325 g/mol. The summed E-state index contributed by atoms with van der Waals surface area (Å²) >= 11 is 0. The Morgan fingerprint density at radius 3 is 2.79 bits per heavy atom. The topological polar surface area (TPSA) is 78.6 Å². The largest absolute Gasteiger partial charge is 0.493 e. The number of para-hydroxylation sites is 1. The van der Waals surface area contributed by atoms with E-state index in [1.165, 1.54) is 0 Å². The first-order valence-electron chi connectivity index (χ1n) is 7.54. The Hall–Kier alpha value is -3.22. The molecule has 7 heteroatoms. The molecule has 1 aromatic heterocycles. The zero-order chi connectivity index (χ0) is 16.2. The predicted molar refractivity (Wildman–Crippen MR) is 85.8 cm³/mol. The van der Waals surface area contributed by atoms with E-state index in [1.54, 1.807) is 0 Å². The number of anilines is 2. The summed E-state index contributed by atoms with van der Waals surface area (Å²) in [7, 11) is 0. The summed E-state index contributed by atoms with van der Waals surface area (Å²) in [6.45, 7) is 0.709. The van der Waals surface area contributed by atoms with Crippen molar-refractivity contribution in [2.45, 2.75) is 6.42 Å². The number of ether oxygens (including phenoxy) is 3. The van der Waals surface area contributed by atoms with Crippen molar-refractivity contribution >= 4 is 11.7 Å². The second kappa shape index (κ2) is 6.49. The van der Waals surface area contributed by atoms with Crippen molar-refractivity contribution in [2.75, 3.05) is 18.7 Å². The first-order chi connectivity index (χ1) is 11.9. The number of hydrogen-bond acceptors (Lipinski definition) is 7. The van der Waals surface area contributed by atoms with E-state index in [1.807, 2.05) is 48.5 Å². The lowest BCUT2D eigenvalue weighted by Gasteiger charge is -2.03. The summed E-state index contributed by atoms with van der Waals surface area (Å²) in [5.74, 6) is 2.74. The predicted octanol–water partition coefficient (Wildman–Crippen LogP) is 3.16. The van der Waals surface area contributed by atoms with Crippen molar-refractivity contribution in [1.29, 1.82) is 0 Å². The Balaban J connectivity index is 1.33. The van der Waals surface area contributed by atoms with E-state index in [4.69, 9.17) is 18.6 Å². The third-order valence-electron chi connectivity index (χ3n) is 3.42. The summed E-state index contributed by atoms with van der Waals surface area (Å²) < 4.78 is 21.8. The maximum Gasteiger partial charge on any atom is 0.320 e. The van der Waals surface area contributed by atoms with Crippen LogP contribution in [-0.2, 0) is 6.42 Å². The van der Waals surface area contributed by atoms with Gasteiger partial charge in [0.1, 0.15) is 5.75 Å². The van der Waals surface area contributed by atoms with Crippen molar-refractivity contribution in [1.82, 2.24) is 10.2 Å². The van der Waals surface area contributed by atoms with E-state index in [-0.39, 0.29) is 6.79 Å². The molecule has 1 N–H and O–H groups in total. The van der Waals surface area contributed by atoms with Gasteiger partial charge < -0.3 is 23.9 Å². The third-order valence-corrected chi connectivity index (χ3v) is 3.42. The molecular weight excluding hydrogens is 310 g/mol. The van der Waals surface area contributed by atoms with Crippen LogP contribution >= 0.6 is 0 Å². The minimum Gasteiger partial charge on any atom is -0.493 e. The van der Waals surface area contributed by atoms with E-state index in [9.17, 15) is 0 Å². The molecule has 0 amide bonds. The van der Waals surface area contributed by atoms with Crippen molar-refractivity contribution in [3.05, 3.63) is 54.4 Å². The molecular formula is C17H15N3O4. The average Bonchev–Trinajstić information content (AvgIpc) is 3.25. The molecule has 2 aromatic carbocycles. The van der Waals surface area contributed by atoms with Crippen LogP contribution in [0, 0.1) is 0 Å². The minimum atomic E-state index is 0.241. The quantitative estimate of drug-likeness (QED) is 0.745. The summed E-state index contributed by atoms with van der Waals surface area (Å²) in [5, 5.41) is 11.0. The minimum absolute atomic E-state index is 0.241. The van der Waals surface area contributed by atoms with Gasteiger partial charge >= 0.3 is 6.01 Å². The molecule has 0 fully saturated rings. The van der Waals surface area contributed by atoms with Crippen LogP contribution in [0.5, 0.6) is 17.2 Å². The van der Waals surface area contributed by atoms with Crippen molar-refractivity contribution in [3.8, 4) is 17.2 Å². The van der Waals surface area contributed by atoms with E-state index >= 15 is 0 Å². The van der Waals surface area contributed by atoms with Crippen LogP contribution in [0.15, 0.2) is 52.9 Å². The Bertz CT molecular complexity index is 820. The standard InChI is InChI=1S/C17H15N3O4/c1-2-4-13(5-3-1)21-9-8-16-19-20-17(24-16)18-12-6-7-14-15(10-12)23-11-22-14/h1-7,10H,8-9,11H2,(H,18,20). The molecule has 0 unspecified atom stereocenters. The molecule has 1 aliphatic heterocycles. The fourth-order valence-electron chi connectivity index (χ4n) is 2.28. The first-order valence-corrected chi connectivity index (χ1v) is 7.54. The highest BCUT2D eigenvalue weighted by atomic mass is 16.7. The highest BCUT2D eigenvalue weighted by Gasteiger charge is 2.14. The van der Waals surface area contributed by atoms with E-state index in [0.717, 1.165) is 17.2 Å². The van der Waals surface area contributed by atoms with Gasteiger partial charge in [0.2, 0.25) is 12.7 Å². The number of benzene rings is 2. The third kappa shape index (κ3) is 3.24. The monoisotopic (exact) mass is 325 g/mol. The van der Waals surface area contributed by atoms with Gasteiger partial charge in [-0.25, -0.2) is 0 Å². The number of rotatable bonds is 6. The van der Waals surface area contributed by atoms with Crippen LogP contribution in [0.25, 0.3) is 0 Å². The highest BCUT2D eigenvalue weighted by molar-refractivity contribution is 5.59. The second-order valence-electron chi connectivity index (χ2n) is 5.11.